The highest BCUT2D eigenvalue weighted by Gasteiger charge is 2.34. The van der Waals surface area contributed by atoms with Crippen LogP contribution in [0, 0.1) is 0 Å². The SMILES string of the molecule is CCOC(=O)c1c(CN(CC)CC)nc2sc3c(c2c1-c1ccc(OC)c(OC)c1)CCN(S(=O)(=O)c1ccccc1)C3. The molecule has 0 atom stereocenters. The van der Waals surface area contributed by atoms with Gasteiger partial charge in [0.2, 0.25) is 10.0 Å². The van der Waals surface area contributed by atoms with Crippen LogP contribution in [0.25, 0.3) is 21.3 Å². The Labute approximate surface area is 257 Å². The van der Waals surface area contributed by atoms with Crippen LogP contribution >= 0.6 is 11.3 Å². The molecule has 11 heteroatoms. The standard InChI is InChI=1S/C32H37N3O6S2/c1-6-34(7-2)19-24-30(32(36)41-8-3)28(21-14-15-25(39-4)26(18-21)40-5)29-23-16-17-35(20-27(23)42-31(29)33-24)43(37,38)22-12-10-9-11-13-22/h9-15,18H,6-8,16-17,19-20H2,1-5H3. The van der Waals surface area contributed by atoms with Gasteiger partial charge in [0.1, 0.15) is 4.83 Å². The van der Waals surface area contributed by atoms with Gasteiger partial charge in [-0.25, -0.2) is 18.2 Å². The number of carbonyl (C=O) groups excluding carboxylic acids is 1. The Morgan fingerprint density at radius 3 is 2.40 bits per heavy atom. The first-order chi connectivity index (χ1) is 20.8. The van der Waals surface area contributed by atoms with Crippen LogP contribution in [0.15, 0.2) is 53.4 Å². The zero-order valence-electron chi connectivity index (χ0n) is 25.2. The molecule has 0 saturated heterocycles. The van der Waals surface area contributed by atoms with E-state index in [1.165, 1.54) is 15.6 Å². The maximum Gasteiger partial charge on any atom is 0.340 e. The van der Waals surface area contributed by atoms with Crippen LogP contribution in [0.3, 0.4) is 0 Å². The molecule has 1 aliphatic rings. The molecule has 0 radical (unpaired) electrons. The number of aromatic nitrogens is 1. The van der Waals surface area contributed by atoms with E-state index >= 15 is 0 Å². The Bertz CT molecular complexity index is 1730. The van der Waals surface area contributed by atoms with Gasteiger partial charge in [-0.3, -0.25) is 4.90 Å². The van der Waals surface area contributed by atoms with Gasteiger partial charge in [-0.2, -0.15) is 4.31 Å². The minimum absolute atomic E-state index is 0.223. The lowest BCUT2D eigenvalue weighted by molar-refractivity contribution is 0.0524. The Morgan fingerprint density at radius 1 is 1.02 bits per heavy atom. The van der Waals surface area contributed by atoms with Gasteiger partial charge in [0.05, 0.1) is 37.0 Å². The molecule has 0 fully saturated rings. The van der Waals surface area contributed by atoms with Crippen LogP contribution in [-0.2, 0) is 34.3 Å². The summed E-state index contributed by atoms with van der Waals surface area (Å²) in [6.45, 7) is 8.76. The minimum atomic E-state index is -3.67. The molecule has 2 aromatic heterocycles. The average Bonchev–Trinajstić information content (AvgIpc) is 3.40. The number of thiophene rings is 1. The van der Waals surface area contributed by atoms with Gasteiger partial charge in [-0.1, -0.05) is 38.1 Å². The third kappa shape index (κ3) is 5.86. The van der Waals surface area contributed by atoms with E-state index in [1.54, 1.807) is 51.5 Å². The van der Waals surface area contributed by atoms with Crippen molar-refractivity contribution in [3.05, 3.63) is 70.2 Å². The van der Waals surface area contributed by atoms with Crippen LogP contribution in [0.1, 0.15) is 47.3 Å². The van der Waals surface area contributed by atoms with Gasteiger partial charge in [0.15, 0.2) is 11.5 Å². The van der Waals surface area contributed by atoms with Crippen LogP contribution < -0.4 is 9.47 Å². The van der Waals surface area contributed by atoms with Crippen LogP contribution in [0.5, 0.6) is 11.5 Å². The number of pyridine rings is 1. The Kier molecular flexibility index (Phi) is 9.36. The van der Waals surface area contributed by atoms with Crippen molar-refractivity contribution < 1.29 is 27.4 Å². The van der Waals surface area contributed by atoms with Gasteiger partial charge in [0.25, 0.3) is 0 Å². The monoisotopic (exact) mass is 623 g/mol. The predicted octanol–water partition coefficient (Wildman–Crippen LogP) is 5.75. The number of ether oxygens (including phenoxy) is 3. The second-order valence-electron chi connectivity index (χ2n) is 10.1. The van der Waals surface area contributed by atoms with E-state index in [9.17, 15) is 13.2 Å². The van der Waals surface area contributed by atoms with E-state index in [0.29, 0.717) is 42.3 Å². The zero-order valence-corrected chi connectivity index (χ0v) is 26.8. The lowest BCUT2D eigenvalue weighted by Gasteiger charge is -2.27. The van der Waals surface area contributed by atoms with Gasteiger partial charge in [0, 0.05) is 35.5 Å². The molecular weight excluding hydrogens is 587 g/mol. The maximum absolute atomic E-state index is 13.7. The fraction of sp³-hybridized carbons (Fsp3) is 0.375. The molecule has 2 aromatic carbocycles. The molecule has 1 aliphatic heterocycles. The molecule has 0 aliphatic carbocycles. The van der Waals surface area contributed by atoms with Crippen molar-refractivity contribution in [2.75, 3.05) is 40.5 Å². The highest BCUT2D eigenvalue weighted by molar-refractivity contribution is 7.89. The third-order valence-corrected chi connectivity index (χ3v) is 10.8. The topological polar surface area (TPSA) is 98.3 Å². The largest absolute Gasteiger partial charge is 0.493 e. The normalized spacial score (nSPS) is 13.7. The summed E-state index contributed by atoms with van der Waals surface area (Å²) in [6, 6.07) is 14.1. The molecule has 4 aromatic rings. The first-order valence-corrected chi connectivity index (χ1v) is 16.7. The smallest absolute Gasteiger partial charge is 0.340 e. The summed E-state index contributed by atoms with van der Waals surface area (Å²) >= 11 is 1.49. The van der Waals surface area contributed by atoms with Crippen molar-refractivity contribution in [2.45, 2.75) is 45.2 Å². The predicted molar refractivity (Wildman–Crippen MR) is 168 cm³/mol. The van der Waals surface area contributed by atoms with Crippen LogP contribution in [-0.4, -0.2) is 69.0 Å². The molecule has 5 rings (SSSR count). The van der Waals surface area contributed by atoms with Crippen molar-refractivity contribution in [3.63, 3.8) is 0 Å². The molecule has 0 saturated carbocycles. The number of methoxy groups -OCH3 is 2. The van der Waals surface area contributed by atoms with Gasteiger partial charge in [-0.15, -0.1) is 11.3 Å². The summed E-state index contributed by atoms with van der Waals surface area (Å²) in [5.41, 5.74) is 3.56. The Hall–Kier alpha value is -3.51. The fourth-order valence-corrected chi connectivity index (χ4v) is 8.35. The van der Waals surface area contributed by atoms with E-state index in [0.717, 1.165) is 44.9 Å². The third-order valence-electron chi connectivity index (χ3n) is 7.83. The second kappa shape index (κ2) is 13.0. The number of nitrogens with zero attached hydrogens (tertiary/aromatic N) is 3. The van der Waals surface area contributed by atoms with Crippen molar-refractivity contribution >= 4 is 37.5 Å². The molecule has 0 bridgehead atoms. The summed E-state index contributed by atoms with van der Waals surface area (Å²) in [5.74, 6) is 0.675. The lowest BCUT2D eigenvalue weighted by Crippen LogP contribution is -2.35. The highest BCUT2D eigenvalue weighted by atomic mass is 32.2. The second-order valence-corrected chi connectivity index (χ2v) is 13.2. The minimum Gasteiger partial charge on any atom is -0.493 e. The number of hydrogen-bond acceptors (Lipinski definition) is 9. The zero-order chi connectivity index (χ0) is 30.7. The summed E-state index contributed by atoms with van der Waals surface area (Å²) < 4.78 is 45.3. The van der Waals surface area contributed by atoms with E-state index in [2.05, 4.69) is 18.7 Å². The van der Waals surface area contributed by atoms with E-state index < -0.39 is 16.0 Å². The van der Waals surface area contributed by atoms with Crippen molar-refractivity contribution in [1.29, 1.82) is 0 Å². The molecule has 3 heterocycles. The van der Waals surface area contributed by atoms with E-state index in [-0.39, 0.29) is 18.0 Å². The number of esters is 1. The molecule has 0 spiro atoms. The number of benzene rings is 2. The van der Waals surface area contributed by atoms with E-state index in [1.807, 2.05) is 18.2 Å². The molecule has 228 valence electrons. The molecule has 0 unspecified atom stereocenters. The Balaban J connectivity index is 1.76. The molecular formula is C32H37N3O6S2. The van der Waals surface area contributed by atoms with Crippen molar-refractivity contribution in [2.24, 2.45) is 0 Å². The molecule has 0 amide bonds. The van der Waals surface area contributed by atoms with Gasteiger partial charge < -0.3 is 14.2 Å². The highest BCUT2D eigenvalue weighted by Crippen LogP contribution is 2.45. The summed E-state index contributed by atoms with van der Waals surface area (Å²) in [7, 11) is -0.511. The summed E-state index contributed by atoms with van der Waals surface area (Å²) in [5, 5.41) is 0.857. The summed E-state index contributed by atoms with van der Waals surface area (Å²) in [4.78, 5) is 23.0. The first-order valence-electron chi connectivity index (χ1n) is 14.4. The number of rotatable bonds is 11. The first kappa shape index (κ1) is 30.9. The summed E-state index contributed by atoms with van der Waals surface area (Å²) in [6.07, 6.45) is 0.487. The number of fused-ring (bicyclic) bond motifs is 3. The van der Waals surface area contributed by atoms with Crippen molar-refractivity contribution in [3.8, 4) is 22.6 Å². The quantitative estimate of drug-likeness (QED) is 0.195. The van der Waals surface area contributed by atoms with Crippen LogP contribution in [0.2, 0.25) is 0 Å². The fourth-order valence-electron chi connectivity index (χ4n) is 5.57. The maximum atomic E-state index is 13.7. The van der Waals surface area contributed by atoms with E-state index in [4.69, 9.17) is 19.2 Å². The molecule has 43 heavy (non-hydrogen) atoms. The number of carbonyl (C=O) groups is 1. The van der Waals surface area contributed by atoms with Crippen molar-refractivity contribution in [1.82, 2.24) is 14.2 Å². The Morgan fingerprint density at radius 2 is 1.74 bits per heavy atom. The molecule has 9 nitrogen and oxygen atoms in total. The van der Waals surface area contributed by atoms with Gasteiger partial charge in [-0.05, 0) is 61.8 Å². The number of hydrogen-bond donors (Lipinski definition) is 0. The van der Waals surface area contributed by atoms with Crippen LogP contribution in [0.4, 0.5) is 0 Å². The van der Waals surface area contributed by atoms with Gasteiger partial charge >= 0.3 is 5.97 Å². The number of sulfonamides is 1. The average molecular weight is 624 g/mol. The molecule has 0 N–H and O–H groups in total. The lowest BCUT2D eigenvalue weighted by atomic mass is 9.91.